The van der Waals surface area contributed by atoms with Crippen molar-refractivity contribution in [1.82, 2.24) is 5.32 Å². The molecule has 108 valence electrons. The maximum atomic E-state index is 11.7. The topological polar surface area (TPSA) is 64.6 Å². The molecule has 2 unspecified atom stereocenters. The molecular weight excluding hydrogens is 253 g/mol. The average Bonchev–Trinajstić information content (AvgIpc) is 2.24. The third kappa shape index (κ3) is 8.54. The van der Waals surface area contributed by atoms with Gasteiger partial charge in [0.2, 0.25) is 8.03 Å². The molecule has 0 heterocycles. The first kappa shape index (κ1) is 17.5. The summed E-state index contributed by atoms with van der Waals surface area (Å²) in [4.78, 5) is 11.6. The molecule has 6 heteroatoms. The summed E-state index contributed by atoms with van der Waals surface area (Å²) < 4.78 is 21.7. The van der Waals surface area contributed by atoms with E-state index in [-0.39, 0.29) is 0 Å². The van der Waals surface area contributed by atoms with E-state index in [1.54, 1.807) is 20.8 Å². The quantitative estimate of drug-likeness (QED) is 0.572. The summed E-state index contributed by atoms with van der Waals surface area (Å²) in [5, 5.41) is 2.63. The van der Waals surface area contributed by atoms with E-state index in [4.69, 9.17) is 9.26 Å². The summed E-state index contributed by atoms with van der Waals surface area (Å²) >= 11 is 0. The van der Waals surface area contributed by atoms with E-state index in [1.165, 1.54) is 7.11 Å². The fourth-order valence-electron chi connectivity index (χ4n) is 1.44. The van der Waals surface area contributed by atoms with Crippen molar-refractivity contribution >= 4 is 14.1 Å². The Hall–Kier alpha value is -0.540. The molecule has 0 saturated carbocycles. The van der Waals surface area contributed by atoms with Gasteiger partial charge in [-0.25, -0.2) is 4.79 Å². The van der Waals surface area contributed by atoms with E-state index in [0.29, 0.717) is 6.42 Å². The van der Waals surface area contributed by atoms with E-state index in [9.17, 15) is 9.36 Å². The summed E-state index contributed by atoms with van der Waals surface area (Å²) in [6, 6.07) is 0. The van der Waals surface area contributed by atoms with Crippen LogP contribution in [0.1, 0.15) is 53.4 Å². The first-order valence-electron chi connectivity index (χ1n) is 6.37. The van der Waals surface area contributed by atoms with Crippen molar-refractivity contribution in [1.29, 1.82) is 0 Å². The van der Waals surface area contributed by atoms with Gasteiger partial charge in [-0.15, -0.1) is 0 Å². The van der Waals surface area contributed by atoms with Crippen molar-refractivity contribution < 1.29 is 18.6 Å². The number of unbranched alkanes of at least 4 members (excludes halogenated alkanes) is 2. The lowest BCUT2D eigenvalue weighted by Crippen LogP contribution is -2.37. The average molecular weight is 279 g/mol. The zero-order valence-corrected chi connectivity index (χ0v) is 13.0. The Balaban J connectivity index is 4.31. The van der Waals surface area contributed by atoms with Crippen LogP contribution < -0.4 is 5.32 Å². The molecule has 0 aromatic heterocycles. The zero-order valence-electron chi connectivity index (χ0n) is 12.0. The minimum atomic E-state index is -2.26. The van der Waals surface area contributed by atoms with Gasteiger partial charge in [-0.2, -0.15) is 0 Å². The van der Waals surface area contributed by atoms with Crippen molar-refractivity contribution in [3.8, 4) is 0 Å². The highest BCUT2D eigenvalue weighted by Crippen LogP contribution is 2.30. The Morgan fingerprint density at radius 1 is 1.33 bits per heavy atom. The molecule has 0 aliphatic heterocycles. The largest absolute Gasteiger partial charge is 0.444 e. The van der Waals surface area contributed by atoms with Gasteiger partial charge < -0.3 is 14.6 Å². The van der Waals surface area contributed by atoms with Crippen LogP contribution in [0.5, 0.6) is 0 Å². The van der Waals surface area contributed by atoms with Crippen LogP contribution in [0.2, 0.25) is 0 Å². The van der Waals surface area contributed by atoms with Crippen LogP contribution in [0.3, 0.4) is 0 Å². The monoisotopic (exact) mass is 279 g/mol. The fourth-order valence-corrected chi connectivity index (χ4v) is 2.40. The highest BCUT2D eigenvalue weighted by molar-refractivity contribution is 7.40. The molecule has 2 atom stereocenters. The number of hydrogen-bond donors (Lipinski definition) is 1. The van der Waals surface area contributed by atoms with E-state index < -0.39 is 25.5 Å². The van der Waals surface area contributed by atoms with Gasteiger partial charge in [-0.3, -0.25) is 4.57 Å². The molecule has 0 aromatic carbocycles. The molecular formula is C12H26NO4P. The van der Waals surface area contributed by atoms with Crippen molar-refractivity contribution in [3.05, 3.63) is 0 Å². The predicted octanol–water partition coefficient (Wildman–Crippen LogP) is 3.54. The highest BCUT2D eigenvalue weighted by atomic mass is 31.1. The van der Waals surface area contributed by atoms with Gasteiger partial charge in [-0.1, -0.05) is 26.2 Å². The molecule has 0 rings (SSSR count). The van der Waals surface area contributed by atoms with E-state index in [2.05, 4.69) is 12.2 Å². The van der Waals surface area contributed by atoms with Gasteiger partial charge in [0.05, 0.1) is 0 Å². The Morgan fingerprint density at radius 3 is 2.39 bits per heavy atom. The minimum Gasteiger partial charge on any atom is -0.444 e. The molecule has 0 bridgehead atoms. The number of nitrogens with one attached hydrogen (secondary N) is 1. The molecule has 1 amide bonds. The van der Waals surface area contributed by atoms with E-state index >= 15 is 0 Å². The standard InChI is InChI=1S/C12H26NO4P/c1-6-7-8-9-10(18(15)16-5)13-11(14)17-12(2,3)4/h10,18H,6-9H2,1-5H3,(H,13,14). The molecule has 0 fully saturated rings. The number of hydrogen-bond acceptors (Lipinski definition) is 4. The Kier molecular flexibility index (Phi) is 8.29. The second-order valence-electron chi connectivity index (χ2n) is 5.22. The van der Waals surface area contributed by atoms with Crippen LogP contribution in [0.4, 0.5) is 4.79 Å². The maximum Gasteiger partial charge on any atom is 0.408 e. The molecule has 1 N–H and O–H groups in total. The number of carbonyl (C=O) groups excluding carboxylic acids is 1. The Bertz CT molecular complexity index is 276. The van der Waals surface area contributed by atoms with Crippen molar-refractivity contribution in [2.75, 3.05) is 7.11 Å². The third-order valence-corrected chi connectivity index (χ3v) is 3.68. The molecule has 5 nitrogen and oxygen atoms in total. The lowest BCUT2D eigenvalue weighted by Gasteiger charge is -2.23. The molecule has 0 radical (unpaired) electrons. The first-order chi connectivity index (χ1) is 8.30. The zero-order chi connectivity index (χ0) is 14.2. The van der Waals surface area contributed by atoms with Gasteiger partial charge in [0.25, 0.3) is 0 Å². The molecule has 0 aliphatic rings. The van der Waals surface area contributed by atoms with Crippen LogP contribution in [0.25, 0.3) is 0 Å². The van der Waals surface area contributed by atoms with Crippen molar-refractivity contribution in [2.24, 2.45) is 0 Å². The third-order valence-electron chi connectivity index (χ3n) is 2.27. The van der Waals surface area contributed by atoms with Crippen molar-refractivity contribution in [2.45, 2.75) is 64.8 Å². The molecule has 0 saturated heterocycles. The SMILES string of the molecule is CCCCCC(NC(=O)OC(C)(C)C)[PH](=O)OC. The summed E-state index contributed by atoms with van der Waals surface area (Å²) in [5.74, 6) is -0.443. The highest BCUT2D eigenvalue weighted by Gasteiger charge is 2.22. The number of alkyl carbamates (subject to hydrolysis) is 1. The summed E-state index contributed by atoms with van der Waals surface area (Å²) in [7, 11) is -0.866. The molecule has 0 aromatic rings. The van der Waals surface area contributed by atoms with Gasteiger partial charge in [0.15, 0.2) is 0 Å². The lowest BCUT2D eigenvalue weighted by molar-refractivity contribution is 0.0516. The number of rotatable bonds is 7. The fraction of sp³-hybridized carbons (Fsp3) is 0.917. The van der Waals surface area contributed by atoms with Crippen LogP contribution in [0.15, 0.2) is 0 Å². The van der Waals surface area contributed by atoms with Gasteiger partial charge in [-0.05, 0) is 27.2 Å². The summed E-state index contributed by atoms with van der Waals surface area (Å²) in [6.07, 6.45) is 3.15. The van der Waals surface area contributed by atoms with Crippen LogP contribution in [0, 0.1) is 0 Å². The Morgan fingerprint density at radius 2 is 1.94 bits per heavy atom. The summed E-state index contributed by atoms with van der Waals surface area (Å²) in [5.41, 5.74) is -0.555. The van der Waals surface area contributed by atoms with Crippen LogP contribution in [-0.2, 0) is 13.8 Å². The second kappa shape index (κ2) is 8.54. The Labute approximate surface area is 110 Å². The normalized spacial score (nSPS) is 14.9. The van der Waals surface area contributed by atoms with E-state index in [1.807, 2.05) is 0 Å². The predicted molar refractivity (Wildman–Crippen MR) is 73.3 cm³/mol. The number of amides is 1. The lowest BCUT2D eigenvalue weighted by atomic mass is 10.2. The number of ether oxygens (including phenoxy) is 1. The molecule has 0 aliphatic carbocycles. The molecule has 0 spiro atoms. The van der Waals surface area contributed by atoms with Crippen LogP contribution >= 0.6 is 8.03 Å². The van der Waals surface area contributed by atoms with Crippen molar-refractivity contribution in [3.63, 3.8) is 0 Å². The van der Waals surface area contributed by atoms with E-state index in [0.717, 1.165) is 19.3 Å². The van der Waals surface area contributed by atoms with Gasteiger partial charge >= 0.3 is 6.09 Å². The smallest absolute Gasteiger partial charge is 0.408 e. The summed E-state index contributed by atoms with van der Waals surface area (Å²) in [6.45, 7) is 7.46. The van der Waals surface area contributed by atoms with Gasteiger partial charge in [0.1, 0.15) is 11.4 Å². The first-order valence-corrected chi connectivity index (χ1v) is 7.77. The van der Waals surface area contributed by atoms with Gasteiger partial charge in [0, 0.05) is 7.11 Å². The molecule has 18 heavy (non-hydrogen) atoms. The van der Waals surface area contributed by atoms with Crippen LogP contribution in [-0.4, -0.2) is 24.6 Å². The maximum absolute atomic E-state index is 11.7. The minimum absolute atomic E-state index is 0.443. The second-order valence-corrected chi connectivity index (χ2v) is 6.96. The number of carbonyl (C=O) groups is 1.